The van der Waals surface area contributed by atoms with E-state index in [4.69, 9.17) is 0 Å². The molecule has 0 unspecified atom stereocenters. The molecule has 4 nitrogen and oxygen atoms in total. The number of H-pyrrole nitrogens is 1. The number of aromatic hydroxyl groups is 1. The van der Waals surface area contributed by atoms with Gasteiger partial charge in [0, 0.05) is 24.7 Å². The van der Waals surface area contributed by atoms with E-state index in [1.807, 2.05) is 36.4 Å². The third-order valence-electron chi connectivity index (χ3n) is 3.08. The molecule has 3 rings (SSSR count). The van der Waals surface area contributed by atoms with Crippen LogP contribution in [0.15, 0.2) is 53.5 Å². The van der Waals surface area contributed by atoms with Crippen molar-refractivity contribution in [2.45, 2.75) is 6.42 Å². The van der Waals surface area contributed by atoms with E-state index in [9.17, 15) is 5.11 Å². The lowest BCUT2D eigenvalue weighted by Gasteiger charge is -1.96. The van der Waals surface area contributed by atoms with Crippen molar-refractivity contribution in [2.24, 2.45) is 4.99 Å². The predicted molar refractivity (Wildman–Crippen MR) is 80.4 cm³/mol. The van der Waals surface area contributed by atoms with E-state index in [-0.39, 0.29) is 5.75 Å². The molecule has 0 saturated carbocycles. The minimum absolute atomic E-state index is 0.250. The molecule has 0 radical (unpaired) electrons. The molecule has 0 atom stereocenters. The summed E-state index contributed by atoms with van der Waals surface area (Å²) in [5, 5.41) is 9.61. The Morgan fingerprint density at radius 1 is 1.10 bits per heavy atom. The van der Waals surface area contributed by atoms with Gasteiger partial charge in [0.05, 0.1) is 11.0 Å². The Bertz CT molecular complexity index is 713. The van der Waals surface area contributed by atoms with Gasteiger partial charge >= 0.3 is 0 Å². The maximum absolute atomic E-state index is 9.61. The molecular formula is C16H15N3O. The Labute approximate surface area is 116 Å². The Morgan fingerprint density at radius 3 is 2.75 bits per heavy atom. The number of nitrogens with zero attached hydrogens (tertiary/aromatic N) is 2. The normalized spacial score (nSPS) is 11.4. The van der Waals surface area contributed by atoms with Crippen LogP contribution in [-0.4, -0.2) is 27.8 Å². The van der Waals surface area contributed by atoms with Crippen LogP contribution in [0.4, 0.5) is 0 Å². The maximum atomic E-state index is 9.61. The van der Waals surface area contributed by atoms with Gasteiger partial charge in [-0.1, -0.05) is 24.3 Å². The number of hydrogen-bond donors (Lipinski definition) is 2. The zero-order valence-electron chi connectivity index (χ0n) is 11.0. The van der Waals surface area contributed by atoms with Gasteiger partial charge in [-0.25, -0.2) is 4.98 Å². The molecule has 0 aliphatic carbocycles. The fourth-order valence-corrected chi connectivity index (χ4v) is 2.05. The number of fused-ring (bicyclic) bond motifs is 1. The number of imidazole rings is 1. The van der Waals surface area contributed by atoms with Crippen LogP contribution in [0.1, 0.15) is 11.4 Å². The van der Waals surface area contributed by atoms with Gasteiger partial charge in [-0.3, -0.25) is 4.99 Å². The number of phenols is 1. The number of phenolic OH excluding ortho intramolecular Hbond substituents is 1. The second kappa shape index (κ2) is 5.57. The fraction of sp³-hybridized carbons (Fsp3) is 0.125. The van der Waals surface area contributed by atoms with Crippen molar-refractivity contribution in [3.63, 3.8) is 0 Å². The van der Waals surface area contributed by atoms with Gasteiger partial charge in [-0.2, -0.15) is 0 Å². The predicted octanol–water partition coefficient (Wildman–Crippen LogP) is 2.93. The second-order valence-corrected chi connectivity index (χ2v) is 4.54. The monoisotopic (exact) mass is 265 g/mol. The maximum Gasteiger partial charge on any atom is 0.124 e. The van der Waals surface area contributed by atoms with Crippen molar-refractivity contribution in [3.05, 3.63) is 59.9 Å². The van der Waals surface area contributed by atoms with Crippen LogP contribution in [0, 0.1) is 0 Å². The number of aromatic nitrogens is 2. The lowest BCUT2D eigenvalue weighted by molar-refractivity contribution is 0.474. The number of para-hydroxylation sites is 3. The highest BCUT2D eigenvalue weighted by atomic mass is 16.3. The molecule has 3 aromatic rings. The molecule has 0 saturated heterocycles. The summed E-state index contributed by atoms with van der Waals surface area (Å²) < 4.78 is 0. The van der Waals surface area contributed by atoms with E-state index < -0.39 is 0 Å². The summed E-state index contributed by atoms with van der Waals surface area (Å²) in [6.07, 6.45) is 2.44. The fourth-order valence-electron chi connectivity index (χ4n) is 2.05. The highest BCUT2D eigenvalue weighted by Gasteiger charge is 2.00. The smallest absolute Gasteiger partial charge is 0.124 e. The van der Waals surface area contributed by atoms with Crippen molar-refractivity contribution in [3.8, 4) is 5.75 Å². The highest BCUT2D eigenvalue weighted by molar-refractivity contribution is 5.83. The Balaban J connectivity index is 1.64. The first-order valence-electron chi connectivity index (χ1n) is 6.54. The summed E-state index contributed by atoms with van der Waals surface area (Å²) in [7, 11) is 0. The topological polar surface area (TPSA) is 61.3 Å². The van der Waals surface area contributed by atoms with E-state index in [0.29, 0.717) is 6.54 Å². The Hall–Kier alpha value is -2.62. The molecule has 1 aromatic heterocycles. The van der Waals surface area contributed by atoms with Crippen LogP contribution >= 0.6 is 0 Å². The first kappa shape index (κ1) is 12.4. The zero-order chi connectivity index (χ0) is 13.8. The number of rotatable bonds is 4. The molecule has 0 bridgehead atoms. The van der Waals surface area contributed by atoms with Gasteiger partial charge in [0.25, 0.3) is 0 Å². The summed E-state index contributed by atoms with van der Waals surface area (Å²) in [6.45, 7) is 0.633. The zero-order valence-corrected chi connectivity index (χ0v) is 11.0. The van der Waals surface area contributed by atoms with Crippen LogP contribution in [0.25, 0.3) is 11.0 Å². The lowest BCUT2D eigenvalue weighted by Crippen LogP contribution is -1.93. The largest absolute Gasteiger partial charge is 0.507 e. The number of aromatic amines is 1. The van der Waals surface area contributed by atoms with E-state index >= 15 is 0 Å². The molecule has 4 heteroatoms. The van der Waals surface area contributed by atoms with Gasteiger partial charge in [0.2, 0.25) is 0 Å². The molecular weight excluding hydrogens is 250 g/mol. The molecule has 0 amide bonds. The van der Waals surface area contributed by atoms with Crippen molar-refractivity contribution in [2.75, 3.05) is 6.54 Å². The molecule has 2 aromatic carbocycles. The lowest BCUT2D eigenvalue weighted by atomic mass is 10.2. The molecule has 20 heavy (non-hydrogen) atoms. The van der Waals surface area contributed by atoms with E-state index in [2.05, 4.69) is 15.0 Å². The minimum Gasteiger partial charge on any atom is -0.507 e. The summed E-state index contributed by atoms with van der Waals surface area (Å²) in [5.41, 5.74) is 2.76. The second-order valence-electron chi connectivity index (χ2n) is 4.54. The number of nitrogens with one attached hydrogen (secondary N) is 1. The molecule has 1 heterocycles. The first-order chi connectivity index (χ1) is 9.83. The van der Waals surface area contributed by atoms with Crippen LogP contribution in [-0.2, 0) is 6.42 Å². The van der Waals surface area contributed by atoms with Crippen LogP contribution < -0.4 is 0 Å². The highest BCUT2D eigenvalue weighted by Crippen LogP contribution is 2.13. The van der Waals surface area contributed by atoms with Crippen molar-refractivity contribution in [1.82, 2.24) is 9.97 Å². The van der Waals surface area contributed by atoms with Crippen molar-refractivity contribution in [1.29, 1.82) is 0 Å². The number of aliphatic imine (C=N–C) groups is 1. The Morgan fingerprint density at radius 2 is 1.90 bits per heavy atom. The number of benzene rings is 2. The molecule has 0 fully saturated rings. The molecule has 0 aliphatic rings. The van der Waals surface area contributed by atoms with E-state index in [0.717, 1.165) is 28.8 Å². The first-order valence-corrected chi connectivity index (χ1v) is 6.54. The number of hydrogen-bond acceptors (Lipinski definition) is 3. The average molecular weight is 265 g/mol. The van der Waals surface area contributed by atoms with Gasteiger partial charge in [-0.05, 0) is 24.3 Å². The van der Waals surface area contributed by atoms with Gasteiger partial charge < -0.3 is 10.1 Å². The van der Waals surface area contributed by atoms with E-state index in [1.165, 1.54) is 0 Å². The summed E-state index contributed by atoms with van der Waals surface area (Å²) in [6, 6.07) is 15.1. The van der Waals surface area contributed by atoms with Crippen molar-refractivity contribution >= 4 is 17.2 Å². The molecule has 0 aliphatic heterocycles. The standard InChI is InChI=1S/C16H15N3O/c20-15-8-4-1-5-12(15)11-17-10-9-16-18-13-6-2-3-7-14(13)19-16/h1-8,11,20H,9-10H2,(H,18,19). The minimum atomic E-state index is 0.250. The van der Waals surface area contributed by atoms with Gasteiger partial charge in [0.15, 0.2) is 0 Å². The third-order valence-corrected chi connectivity index (χ3v) is 3.08. The van der Waals surface area contributed by atoms with Gasteiger partial charge in [-0.15, -0.1) is 0 Å². The van der Waals surface area contributed by atoms with Gasteiger partial charge in [0.1, 0.15) is 11.6 Å². The SMILES string of the molecule is Oc1ccccc1C=NCCc1nc2ccccc2[nH]1. The van der Waals surface area contributed by atoms with Crippen LogP contribution in [0.3, 0.4) is 0 Å². The Kier molecular flexibility index (Phi) is 3.46. The molecule has 2 N–H and O–H groups in total. The summed E-state index contributed by atoms with van der Waals surface area (Å²) in [5.74, 6) is 1.18. The van der Waals surface area contributed by atoms with Crippen LogP contribution in [0.2, 0.25) is 0 Å². The van der Waals surface area contributed by atoms with Crippen LogP contribution in [0.5, 0.6) is 5.75 Å². The summed E-state index contributed by atoms with van der Waals surface area (Å²) >= 11 is 0. The third kappa shape index (κ3) is 2.69. The summed E-state index contributed by atoms with van der Waals surface area (Å²) in [4.78, 5) is 12.1. The quantitative estimate of drug-likeness (QED) is 0.712. The van der Waals surface area contributed by atoms with E-state index in [1.54, 1.807) is 18.3 Å². The average Bonchev–Trinajstić information content (AvgIpc) is 2.88. The molecule has 100 valence electrons. The molecule has 0 spiro atoms. The van der Waals surface area contributed by atoms with Crippen molar-refractivity contribution < 1.29 is 5.11 Å².